The maximum atomic E-state index is 13.7. The number of hydrogen-bond acceptors (Lipinski definition) is 10. The average molecular weight is 617 g/mol. The van der Waals surface area contributed by atoms with E-state index in [1.165, 1.54) is 19.3 Å². The molecule has 5 N–H and O–H groups in total. The monoisotopic (exact) mass is 616 g/mol. The summed E-state index contributed by atoms with van der Waals surface area (Å²) in [6, 6.07) is 0. The molecule has 0 spiro atoms. The fourth-order valence-corrected chi connectivity index (χ4v) is 5.22. The summed E-state index contributed by atoms with van der Waals surface area (Å²) in [4.78, 5) is 53.7. The van der Waals surface area contributed by atoms with Crippen LogP contribution in [0.5, 0.6) is 0 Å². The normalized spacial score (nSPS) is 29.2. The number of carbonyl (C=O) groups excluding carboxylic acids is 4. The minimum atomic E-state index is -1.03. The minimum Gasteiger partial charge on any atom is -0.439 e. The molecule has 44 heavy (non-hydrogen) atoms. The van der Waals surface area contributed by atoms with Gasteiger partial charge in [0.05, 0.1) is 24.1 Å². The summed E-state index contributed by atoms with van der Waals surface area (Å²) in [5.74, 6) is -1.55. The highest BCUT2D eigenvalue weighted by Crippen LogP contribution is 2.28. The number of carbonyl (C=O) groups is 4. The van der Waals surface area contributed by atoms with Gasteiger partial charge in [0, 0.05) is 44.5 Å². The molecule has 0 unspecified atom stereocenters. The molecule has 0 saturated carbocycles. The van der Waals surface area contributed by atoms with Crippen LogP contribution in [0.15, 0.2) is 58.5 Å². The summed E-state index contributed by atoms with van der Waals surface area (Å²) < 4.78 is 16.7. The lowest BCUT2D eigenvalue weighted by atomic mass is 9.86. The molecule has 12 nitrogen and oxygen atoms in total. The second-order valence-corrected chi connectivity index (χ2v) is 11.6. The van der Waals surface area contributed by atoms with E-state index < -0.39 is 36.6 Å². The zero-order chi connectivity index (χ0) is 33.0. The van der Waals surface area contributed by atoms with E-state index in [0.29, 0.717) is 37.1 Å². The lowest BCUT2D eigenvalue weighted by Crippen LogP contribution is -2.37. The van der Waals surface area contributed by atoms with Gasteiger partial charge < -0.3 is 40.6 Å². The van der Waals surface area contributed by atoms with Crippen molar-refractivity contribution in [2.45, 2.75) is 58.3 Å². The number of ketones is 2. The first-order valence-corrected chi connectivity index (χ1v) is 14.7. The Balaban J connectivity index is 2.58. The molecule has 0 aromatic heterocycles. The summed E-state index contributed by atoms with van der Waals surface area (Å²) in [6.07, 6.45) is 5.85. The Bertz CT molecular complexity index is 1220. The van der Waals surface area contributed by atoms with E-state index in [1.807, 2.05) is 38.9 Å². The molecule has 2 rings (SSSR count). The first-order valence-electron chi connectivity index (χ1n) is 14.7. The minimum absolute atomic E-state index is 0.0716. The number of fused-ring (bicyclic) bond motifs is 2. The first kappa shape index (κ1) is 36.6. The van der Waals surface area contributed by atoms with Gasteiger partial charge in [-0.3, -0.25) is 14.4 Å². The number of rotatable bonds is 8. The number of amides is 2. The number of methoxy groups -OCH3 is 2. The predicted octanol–water partition coefficient (Wildman–Crippen LogP) is 1.91. The van der Waals surface area contributed by atoms with Crippen LogP contribution < -0.4 is 16.4 Å². The Kier molecular flexibility index (Phi) is 14.7. The summed E-state index contributed by atoms with van der Waals surface area (Å²) in [5.41, 5.74) is 6.46. The molecule has 2 amide bonds. The van der Waals surface area contributed by atoms with Gasteiger partial charge in [0.25, 0.3) is 5.91 Å². The topological polar surface area (TPSA) is 170 Å². The second kappa shape index (κ2) is 17.6. The summed E-state index contributed by atoms with van der Waals surface area (Å²) in [6.45, 7) is 6.18. The van der Waals surface area contributed by atoms with Crippen molar-refractivity contribution in [3.05, 3.63) is 58.5 Å². The first-order chi connectivity index (χ1) is 20.8. The Labute approximate surface area is 260 Å². The standard InChI is InChI=1S/C32H48N4O8/c1-19-13-22(18-37)30(44-32(33)41)27(43-7)10-8-9-21(3)31(40)35-25-17-26(38)28(34-11-12-36(4)5)24(29(25)39)16-20(2)15-23(14-19)42-6/h8-10,13,17,19-20,23,27,30,34,37H,11-12,14-16,18H2,1-7H3,(H2,33,41)(H,35,40)/b10-8-,21-9+,22-13+/t19-,20-,23+,27-,30-/m0/s1. The third-order valence-electron chi connectivity index (χ3n) is 7.50. The van der Waals surface area contributed by atoms with Crippen molar-refractivity contribution in [3.8, 4) is 0 Å². The van der Waals surface area contributed by atoms with E-state index in [2.05, 4.69) is 10.6 Å². The number of nitrogens with zero attached hydrogens (tertiary/aromatic N) is 1. The van der Waals surface area contributed by atoms with E-state index >= 15 is 0 Å². The van der Waals surface area contributed by atoms with Crippen molar-refractivity contribution in [1.82, 2.24) is 15.5 Å². The van der Waals surface area contributed by atoms with Crippen molar-refractivity contribution < 1.29 is 38.5 Å². The number of primary amides is 1. The number of allylic oxidation sites excluding steroid dienone is 5. The van der Waals surface area contributed by atoms with Gasteiger partial charge in [-0.2, -0.15) is 0 Å². The van der Waals surface area contributed by atoms with Gasteiger partial charge >= 0.3 is 6.09 Å². The molecule has 0 saturated heterocycles. The maximum Gasteiger partial charge on any atom is 0.405 e. The maximum absolute atomic E-state index is 13.7. The van der Waals surface area contributed by atoms with Crippen LogP contribution in [0.4, 0.5) is 4.79 Å². The third kappa shape index (κ3) is 10.8. The Hall–Kier alpha value is -3.58. The van der Waals surface area contributed by atoms with E-state index in [1.54, 1.807) is 20.1 Å². The molecule has 0 aromatic carbocycles. The van der Waals surface area contributed by atoms with Gasteiger partial charge in [-0.1, -0.05) is 38.2 Å². The molecule has 244 valence electrons. The van der Waals surface area contributed by atoms with Gasteiger partial charge in [0.1, 0.15) is 6.10 Å². The SMILES string of the molecule is CO[C@H]1C[C@H](C)CC2=C(NCCN(C)C)C(=O)C=C(NC(=O)/C(C)=C/C=C\[C@H](OC)[C@@H](OC(N)=O)/C(CO)=C/[C@H](C)C1)C2=O. The third-order valence-corrected chi connectivity index (χ3v) is 7.50. The number of nitrogens with one attached hydrogen (secondary N) is 2. The van der Waals surface area contributed by atoms with Crippen LogP contribution in [0.25, 0.3) is 0 Å². The quantitative estimate of drug-likeness (QED) is 0.233. The molecule has 0 fully saturated rings. The largest absolute Gasteiger partial charge is 0.439 e. The van der Waals surface area contributed by atoms with Crippen molar-refractivity contribution in [3.63, 3.8) is 0 Å². The van der Waals surface area contributed by atoms with Gasteiger partial charge in [0.15, 0.2) is 6.10 Å². The zero-order valence-corrected chi connectivity index (χ0v) is 26.8. The average Bonchev–Trinajstić information content (AvgIpc) is 2.95. The molecule has 1 aliphatic carbocycles. The molecular weight excluding hydrogens is 568 g/mol. The number of likely N-dealkylation sites (N-methyl/N-ethyl adjacent to an activating group) is 1. The smallest absolute Gasteiger partial charge is 0.405 e. The molecular formula is C32H48N4O8. The number of hydrogen-bond donors (Lipinski definition) is 4. The molecule has 2 bridgehead atoms. The van der Waals surface area contributed by atoms with Crippen LogP contribution in [0.3, 0.4) is 0 Å². The fraction of sp³-hybridized carbons (Fsp3) is 0.562. The van der Waals surface area contributed by atoms with E-state index in [0.717, 1.165) is 6.08 Å². The van der Waals surface area contributed by atoms with Crippen LogP contribution >= 0.6 is 0 Å². The van der Waals surface area contributed by atoms with Crippen molar-refractivity contribution in [2.24, 2.45) is 17.6 Å². The molecule has 5 atom stereocenters. The van der Waals surface area contributed by atoms with Crippen LogP contribution in [0.2, 0.25) is 0 Å². The summed E-state index contributed by atoms with van der Waals surface area (Å²) in [7, 11) is 6.85. The summed E-state index contributed by atoms with van der Waals surface area (Å²) >= 11 is 0. The van der Waals surface area contributed by atoms with Crippen molar-refractivity contribution in [2.75, 3.05) is 48.0 Å². The van der Waals surface area contributed by atoms with Crippen LogP contribution in [-0.2, 0) is 28.6 Å². The molecule has 1 aliphatic heterocycles. The van der Waals surface area contributed by atoms with Gasteiger partial charge in [0.2, 0.25) is 11.6 Å². The molecule has 1 heterocycles. The number of aliphatic hydroxyl groups excluding tert-OH is 1. The highest BCUT2D eigenvalue weighted by Gasteiger charge is 2.32. The predicted molar refractivity (Wildman–Crippen MR) is 166 cm³/mol. The Morgan fingerprint density at radius 2 is 1.86 bits per heavy atom. The number of Topliss-reactive ketones (excluding diaryl/α,β-unsaturated/α-hetero) is 1. The van der Waals surface area contributed by atoms with Crippen molar-refractivity contribution >= 4 is 23.6 Å². The highest BCUT2D eigenvalue weighted by atomic mass is 16.6. The molecule has 0 aromatic rings. The Morgan fingerprint density at radius 3 is 2.45 bits per heavy atom. The molecule has 12 heteroatoms. The number of aliphatic hydroxyl groups is 1. The Morgan fingerprint density at radius 1 is 1.16 bits per heavy atom. The fourth-order valence-electron chi connectivity index (χ4n) is 5.22. The van der Waals surface area contributed by atoms with Crippen LogP contribution in [0, 0.1) is 11.8 Å². The number of nitrogens with two attached hydrogens (primary N) is 1. The van der Waals surface area contributed by atoms with E-state index in [-0.39, 0.29) is 47.1 Å². The molecule has 2 aliphatic rings. The van der Waals surface area contributed by atoms with Gasteiger partial charge in [-0.15, -0.1) is 0 Å². The van der Waals surface area contributed by atoms with E-state index in [9.17, 15) is 24.3 Å². The lowest BCUT2D eigenvalue weighted by Gasteiger charge is -2.27. The number of ether oxygens (including phenoxy) is 3. The van der Waals surface area contributed by atoms with Crippen molar-refractivity contribution in [1.29, 1.82) is 0 Å². The zero-order valence-electron chi connectivity index (χ0n) is 26.8. The van der Waals surface area contributed by atoms with Gasteiger partial charge in [-0.25, -0.2) is 4.79 Å². The second-order valence-electron chi connectivity index (χ2n) is 11.6. The summed E-state index contributed by atoms with van der Waals surface area (Å²) in [5, 5.41) is 16.0. The highest BCUT2D eigenvalue weighted by molar-refractivity contribution is 6.23. The lowest BCUT2D eigenvalue weighted by molar-refractivity contribution is -0.120. The van der Waals surface area contributed by atoms with Gasteiger partial charge in [-0.05, 0) is 57.7 Å². The molecule has 0 radical (unpaired) electrons. The van der Waals surface area contributed by atoms with E-state index in [4.69, 9.17) is 19.9 Å². The van der Waals surface area contributed by atoms with Crippen LogP contribution in [0.1, 0.15) is 40.0 Å². The van der Waals surface area contributed by atoms with Crippen LogP contribution in [-0.4, -0.2) is 99.9 Å².